The molecule has 0 fully saturated rings. The number of benzene rings is 2. The van der Waals surface area contributed by atoms with Gasteiger partial charge in [0.25, 0.3) is 0 Å². The number of hydrogen-bond acceptors (Lipinski definition) is 1. The van der Waals surface area contributed by atoms with Gasteiger partial charge in [0.15, 0.2) is 0 Å². The normalized spacial score (nSPS) is 13.1. The molecule has 156 valence electrons. The largest absolute Gasteiger partial charge is 0.508 e. The third-order valence-electron chi connectivity index (χ3n) is 5.70. The molecule has 0 spiro atoms. The Kier molecular flexibility index (Phi) is 7.83. The predicted octanol–water partition coefficient (Wildman–Crippen LogP) is 8.10. The van der Waals surface area contributed by atoms with E-state index < -0.39 is 0 Å². The maximum atomic E-state index is 9.86. The Labute approximate surface area is 182 Å². The molecule has 0 aliphatic carbocycles. The van der Waals surface area contributed by atoms with E-state index in [1.165, 1.54) is 27.8 Å². The molecule has 0 radical (unpaired) electrons. The third kappa shape index (κ3) is 5.51. The summed E-state index contributed by atoms with van der Waals surface area (Å²) >= 11 is 0. The van der Waals surface area contributed by atoms with E-state index in [4.69, 9.17) is 0 Å². The van der Waals surface area contributed by atoms with Gasteiger partial charge in [-0.1, -0.05) is 80.8 Å². The van der Waals surface area contributed by atoms with Crippen LogP contribution < -0.4 is 0 Å². The lowest BCUT2D eigenvalue weighted by Crippen LogP contribution is -2.03. The molecule has 0 aliphatic rings. The van der Waals surface area contributed by atoms with Crippen LogP contribution in [0.1, 0.15) is 53.1 Å². The Morgan fingerprint density at radius 1 is 1.03 bits per heavy atom. The second kappa shape index (κ2) is 10.1. The van der Waals surface area contributed by atoms with Crippen LogP contribution in [0.3, 0.4) is 0 Å². The predicted molar refractivity (Wildman–Crippen MR) is 132 cm³/mol. The minimum Gasteiger partial charge on any atom is -0.508 e. The van der Waals surface area contributed by atoms with Crippen molar-refractivity contribution in [3.8, 4) is 0 Å². The molecular weight excluding hydrogens is 364 g/mol. The molecule has 0 heterocycles. The van der Waals surface area contributed by atoms with Gasteiger partial charge >= 0.3 is 0 Å². The van der Waals surface area contributed by atoms with Crippen LogP contribution in [-0.4, -0.2) is 5.11 Å². The smallest absolute Gasteiger partial charge is 0.115 e. The van der Waals surface area contributed by atoms with Gasteiger partial charge in [0.05, 0.1) is 0 Å². The van der Waals surface area contributed by atoms with E-state index in [-0.39, 0.29) is 5.76 Å². The topological polar surface area (TPSA) is 20.2 Å². The summed E-state index contributed by atoms with van der Waals surface area (Å²) in [6.45, 7) is 22.4. The zero-order valence-electron chi connectivity index (χ0n) is 19.0. The third-order valence-corrected chi connectivity index (χ3v) is 5.70. The van der Waals surface area contributed by atoms with E-state index in [9.17, 15) is 5.11 Å². The molecule has 1 unspecified atom stereocenters. The molecule has 0 aromatic heterocycles. The average molecular weight is 399 g/mol. The van der Waals surface area contributed by atoms with Crippen LogP contribution in [0.2, 0.25) is 0 Å². The summed E-state index contributed by atoms with van der Waals surface area (Å²) in [7, 11) is 0. The molecule has 2 rings (SSSR count). The molecule has 30 heavy (non-hydrogen) atoms. The summed E-state index contributed by atoms with van der Waals surface area (Å²) in [6.07, 6.45) is 6.60. The van der Waals surface area contributed by atoms with Gasteiger partial charge in [-0.2, -0.15) is 0 Å². The molecular formula is C29H34O. The maximum absolute atomic E-state index is 9.86. The van der Waals surface area contributed by atoms with Crippen molar-refractivity contribution in [3.05, 3.63) is 125 Å². The number of hydrogen-bond donors (Lipinski definition) is 1. The fraction of sp³-hybridized carbons (Fsp3) is 0.241. The van der Waals surface area contributed by atoms with Crippen molar-refractivity contribution >= 4 is 5.57 Å². The standard InChI is InChI=1S/C29H34O/c1-9-25(17-23(7)28(10-2)24(8)30)29-18-21(5)20(4)15-27(29)16-22(6)26-13-11-19(3)12-14-26/h9-15,17-18,22,30H,1,7-8,16H2,2-6H3/b25-17+,28-10+. The molecule has 2 aromatic carbocycles. The highest BCUT2D eigenvalue weighted by Gasteiger charge is 2.14. The minimum absolute atomic E-state index is 0.0236. The van der Waals surface area contributed by atoms with Gasteiger partial charge in [-0.3, -0.25) is 0 Å². The van der Waals surface area contributed by atoms with E-state index in [1.807, 2.05) is 25.2 Å². The number of aliphatic hydroxyl groups is 1. The van der Waals surface area contributed by atoms with E-state index in [0.717, 1.165) is 23.1 Å². The van der Waals surface area contributed by atoms with Crippen LogP contribution >= 0.6 is 0 Å². The quantitative estimate of drug-likeness (QED) is 0.352. The van der Waals surface area contributed by atoms with Gasteiger partial charge in [-0.05, 0) is 85.1 Å². The fourth-order valence-electron chi connectivity index (χ4n) is 3.71. The molecule has 0 amide bonds. The van der Waals surface area contributed by atoms with E-state index in [0.29, 0.717) is 11.5 Å². The van der Waals surface area contributed by atoms with Gasteiger partial charge in [-0.25, -0.2) is 0 Å². The highest BCUT2D eigenvalue weighted by molar-refractivity contribution is 5.79. The lowest BCUT2D eigenvalue weighted by molar-refractivity contribution is 0.428. The van der Waals surface area contributed by atoms with E-state index in [2.05, 4.69) is 83.8 Å². The van der Waals surface area contributed by atoms with E-state index >= 15 is 0 Å². The SMILES string of the molecule is C=C/C(=C\C(=C)/C(=C\C)C(=C)O)c1cc(C)c(C)cc1CC(C)c1ccc(C)cc1. The van der Waals surface area contributed by atoms with Crippen LogP contribution in [-0.2, 0) is 6.42 Å². The molecule has 0 saturated carbocycles. The summed E-state index contributed by atoms with van der Waals surface area (Å²) in [6, 6.07) is 13.3. The molecule has 2 aromatic rings. The lowest BCUT2D eigenvalue weighted by atomic mass is 9.86. The van der Waals surface area contributed by atoms with Crippen LogP contribution in [0.5, 0.6) is 0 Å². The number of aryl methyl sites for hydroxylation is 3. The maximum Gasteiger partial charge on any atom is 0.115 e. The van der Waals surface area contributed by atoms with Crippen molar-refractivity contribution in [2.45, 2.75) is 47.0 Å². The van der Waals surface area contributed by atoms with Crippen molar-refractivity contribution in [1.29, 1.82) is 0 Å². The minimum atomic E-state index is 0.0236. The molecule has 0 saturated heterocycles. The van der Waals surface area contributed by atoms with Crippen molar-refractivity contribution in [2.24, 2.45) is 0 Å². The highest BCUT2D eigenvalue weighted by atomic mass is 16.3. The van der Waals surface area contributed by atoms with Crippen molar-refractivity contribution in [3.63, 3.8) is 0 Å². The molecule has 1 heteroatoms. The van der Waals surface area contributed by atoms with Crippen molar-refractivity contribution in [1.82, 2.24) is 0 Å². The molecule has 1 atom stereocenters. The molecule has 1 N–H and O–H groups in total. The van der Waals surface area contributed by atoms with Gasteiger partial charge in [0, 0.05) is 5.57 Å². The molecule has 1 nitrogen and oxygen atoms in total. The van der Waals surface area contributed by atoms with Gasteiger partial charge in [-0.15, -0.1) is 0 Å². The Bertz CT molecular complexity index is 1010. The fourth-order valence-corrected chi connectivity index (χ4v) is 3.71. The lowest BCUT2D eigenvalue weighted by Gasteiger charge is -2.19. The monoisotopic (exact) mass is 398 g/mol. The van der Waals surface area contributed by atoms with Gasteiger partial charge < -0.3 is 5.11 Å². The zero-order chi connectivity index (χ0) is 22.4. The second-order valence-corrected chi connectivity index (χ2v) is 8.09. The first kappa shape index (κ1) is 23.2. The second-order valence-electron chi connectivity index (χ2n) is 8.09. The molecule has 0 aliphatic heterocycles. The Balaban J connectivity index is 2.50. The summed E-state index contributed by atoms with van der Waals surface area (Å²) in [5.41, 5.74) is 9.95. The van der Waals surface area contributed by atoms with Gasteiger partial charge in [0.1, 0.15) is 5.76 Å². The number of allylic oxidation sites excluding steroid dienone is 5. The van der Waals surface area contributed by atoms with Gasteiger partial charge in [0.2, 0.25) is 0 Å². The number of rotatable bonds is 8. The van der Waals surface area contributed by atoms with E-state index in [1.54, 1.807) is 0 Å². The number of aliphatic hydroxyl groups excluding tert-OH is 1. The van der Waals surface area contributed by atoms with Crippen LogP contribution in [0.25, 0.3) is 5.57 Å². The Hall–Kier alpha value is -3.06. The van der Waals surface area contributed by atoms with Crippen molar-refractivity contribution in [2.75, 3.05) is 0 Å². The molecule has 0 bridgehead atoms. The first-order chi connectivity index (χ1) is 14.2. The summed E-state index contributed by atoms with van der Waals surface area (Å²) in [4.78, 5) is 0. The van der Waals surface area contributed by atoms with Crippen LogP contribution in [0, 0.1) is 20.8 Å². The Morgan fingerprint density at radius 3 is 2.17 bits per heavy atom. The first-order valence-corrected chi connectivity index (χ1v) is 10.4. The van der Waals surface area contributed by atoms with Crippen molar-refractivity contribution < 1.29 is 5.11 Å². The zero-order valence-corrected chi connectivity index (χ0v) is 19.0. The highest BCUT2D eigenvalue weighted by Crippen LogP contribution is 2.31. The van der Waals surface area contributed by atoms with Crippen LogP contribution in [0.4, 0.5) is 0 Å². The average Bonchev–Trinajstić information content (AvgIpc) is 2.69. The summed E-state index contributed by atoms with van der Waals surface area (Å²) in [5.74, 6) is 0.416. The summed E-state index contributed by atoms with van der Waals surface area (Å²) in [5, 5.41) is 9.86. The first-order valence-electron chi connectivity index (χ1n) is 10.4. The summed E-state index contributed by atoms with van der Waals surface area (Å²) < 4.78 is 0. The van der Waals surface area contributed by atoms with Crippen LogP contribution in [0.15, 0.2) is 91.3 Å². The Morgan fingerprint density at radius 2 is 1.63 bits per heavy atom.